The van der Waals surface area contributed by atoms with Gasteiger partial charge in [0.2, 0.25) is 0 Å². The van der Waals surface area contributed by atoms with E-state index in [1.165, 1.54) is 11.5 Å². The zero-order valence-corrected chi connectivity index (χ0v) is 9.12. The lowest BCUT2D eigenvalue weighted by Gasteiger charge is -2.27. The van der Waals surface area contributed by atoms with E-state index in [1.807, 2.05) is 0 Å². The van der Waals surface area contributed by atoms with Crippen molar-refractivity contribution in [3.8, 4) is 0 Å². The van der Waals surface area contributed by atoms with Gasteiger partial charge in [-0.25, -0.2) is 0 Å². The van der Waals surface area contributed by atoms with Crippen LogP contribution in [0.4, 0.5) is 0 Å². The molecule has 0 nitrogen and oxygen atoms in total. The second-order valence-corrected chi connectivity index (χ2v) is 6.12. The average molecular weight is 212 g/mol. The molecule has 0 spiro atoms. The van der Waals surface area contributed by atoms with Crippen LogP contribution >= 0.6 is 48.8 Å². The molecule has 10 heavy (non-hydrogen) atoms. The van der Waals surface area contributed by atoms with Crippen molar-refractivity contribution in [1.29, 1.82) is 0 Å². The van der Waals surface area contributed by atoms with Crippen LogP contribution in [0.1, 0.15) is 6.42 Å². The maximum Gasteiger partial charge on any atom is 0.0522 e. The molecule has 0 N–H and O–H groups in total. The van der Waals surface area contributed by atoms with E-state index in [0.717, 1.165) is 22.0 Å². The Bertz CT molecular complexity index is 87.7. The maximum atomic E-state index is 4.27. The third-order valence-electron chi connectivity index (χ3n) is 1.55. The summed E-state index contributed by atoms with van der Waals surface area (Å²) in [5, 5.41) is 1.29. The second kappa shape index (κ2) is 5.12. The van der Waals surface area contributed by atoms with E-state index in [2.05, 4.69) is 48.8 Å². The molecule has 1 saturated heterocycles. The van der Waals surface area contributed by atoms with Crippen LogP contribution in [0, 0.1) is 5.92 Å². The molecule has 0 radical (unpaired) electrons. The Morgan fingerprint density at radius 1 is 1.30 bits per heavy atom. The minimum absolute atomic E-state index is 0.719. The van der Waals surface area contributed by atoms with E-state index in [9.17, 15) is 0 Å². The predicted octanol–water partition coefficient (Wildman–Crippen LogP) is 2.62. The fourth-order valence-corrected chi connectivity index (χ4v) is 3.67. The van der Waals surface area contributed by atoms with Crippen molar-refractivity contribution >= 4 is 48.8 Å². The van der Waals surface area contributed by atoms with Gasteiger partial charge in [0.15, 0.2) is 0 Å². The first-order valence-corrected chi connectivity index (χ1v) is 6.68. The second-order valence-electron chi connectivity index (χ2n) is 2.35. The molecule has 1 fully saturated rings. The van der Waals surface area contributed by atoms with Gasteiger partial charge < -0.3 is 0 Å². The number of hydrogen-bond acceptors (Lipinski definition) is 4. The molecule has 0 aliphatic carbocycles. The van der Waals surface area contributed by atoms with Gasteiger partial charge in [-0.15, -0.1) is 23.5 Å². The summed E-state index contributed by atoms with van der Waals surface area (Å²) in [5.74, 6) is 2.69. The molecular formula is C6H12S4. The van der Waals surface area contributed by atoms with E-state index in [4.69, 9.17) is 0 Å². The summed E-state index contributed by atoms with van der Waals surface area (Å²) < 4.78 is 0.851. The molecule has 0 aromatic carbocycles. The molecule has 1 aliphatic rings. The molecule has 1 heterocycles. The van der Waals surface area contributed by atoms with E-state index in [-0.39, 0.29) is 0 Å². The van der Waals surface area contributed by atoms with Gasteiger partial charge in [-0.05, 0) is 23.8 Å². The van der Waals surface area contributed by atoms with E-state index >= 15 is 0 Å². The standard InChI is InChI=1S/C6H12S4/c7-2-5(3-8)1-6-9-4-10-6/h5-8H,1-4H2. The van der Waals surface area contributed by atoms with Gasteiger partial charge in [0.05, 0.1) is 4.58 Å². The molecule has 1 aliphatic heterocycles. The predicted molar refractivity (Wildman–Crippen MR) is 59.7 cm³/mol. The highest BCUT2D eigenvalue weighted by atomic mass is 32.3. The zero-order chi connectivity index (χ0) is 7.40. The summed E-state index contributed by atoms with van der Waals surface area (Å²) in [5.41, 5.74) is 0. The highest BCUT2D eigenvalue weighted by Crippen LogP contribution is 2.42. The van der Waals surface area contributed by atoms with Crippen LogP contribution in [0.2, 0.25) is 0 Å². The van der Waals surface area contributed by atoms with Gasteiger partial charge in [-0.1, -0.05) is 0 Å². The molecule has 1 rings (SSSR count). The molecule has 0 bridgehead atoms. The van der Waals surface area contributed by atoms with Gasteiger partial charge in [-0.3, -0.25) is 0 Å². The van der Waals surface area contributed by atoms with Crippen LogP contribution < -0.4 is 0 Å². The normalized spacial score (nSPS) is 19.5. The van der Waals surface area contributed by atoms with Gasteiger partial charge in [0.1, 0.15) is 0 Å². The van der Waals surface area contributed by atoms with Gasteiger partial charge in [0, 0.05) is 5.08 Å². The summed E-state index contributed by atoms with van der Waals surface area (Å²) in [7, 11) is 0. The lowest BCUT2D eigenvalue weighted by molar-refractivity contribution is 0.643. The fraction of sp³-hybridized carbons (Fsp3) is 1.00. The first-order valence-electron chi connectivity index (χ1n) is 3.31. The van der Waals surface area contributed by atoms with Crippen molar-refractivity contribution < 1.29 is 0 Å². The Morgan fingerprint density at radius 2 is 1.90 bits per heavy atom. The van der Waals surface area contributed by atoms with Crippen LogP contribution in [-0.4, -0.2) is 21.2 Å². The van der Waals surface area contributed by atoms with Crippen LogP contribution in [0.15, 0.2) is 0 Å². The molecule has 0 atom stereocenters. The number of rotatable bonds is 4. The van der Waals surface area contributed by atoms with Crippen molar-refractivity contribution in [2.75, 3.05) is 16.6 Å². The first kappa shape index (κ1) is 9.49. The van der Waals surface area contributed by atoms with E-state index in [1.54, 1.807) is 0 Å². The SMILES string of the molecule is SCC(CS)CC1SCS1. The van der Waals surface area contributed by atoms with Crippen molar-refractivity contribution in [2.24, 2.45) is 5.92 Å². The smallest absolute Gasteiger partial charge is 0.0522 e. The minimum Gasteiger partial charge on any atom is -0.179 e. The fourth-order valence-electron chi connectivity index (χ4n) is 0.779. The van der Waals surface area contributed by atoms with Crippen LogP contribution in [0.5, 0.6) is 0 Å². The topological polar surface area (TPSA) is 0 Å². The van der Waals surface area contributed by atoms with Crippen molar-refractivity contribution in [1.82, 2.24) is 0 Å². The lowest BCUT2D eigenvalue weighted by atomic mass is 10.1. The number of hydrogen-bond donors (Lipinski definition) is 2. The van der Waals surface area contributed by atoms with Gasteiger partial charge in [-0.2, -0.15) is 25.3 Å². The average Bonchev–Trinajstić information content (AvgIpc) is 1.87. The highest BCUT2D eigenvalue weighted by molar-refractivity contribution is 8.32. The largest absolute Gasteiger partial charge is 0.179 e. The molecule has 0 unspecified atom stereocenters. The zero-order valence-electron chi connectivity index (χ0n) is 5.69. The minimum atomic E-state index is 0.719. The first-order chi connectivity index (χ1) is 4.86. The number of thiol groups is 2. The maximum absolute atomic E-state index is 4.27. The molecule has 0 amide bonds. The summed E-state index contributed by atoms with van der Waals surface area (Å²) >= 11 is 12.7. The Morgan fingerprint density at radius 3 is 2.20 bits per heavy atom. The summed E-state index contributed by atoms with van der Waals surface area (Å²) in [4.78, 5) is 0. The quantitative estimate of drug-likeness (QED) is 0.688. The summed E-state index contributed by atoms with van der Waals surface area (Å²) in [6, 6.07) is 0. The molecular weight excluding hydrogens is 200 g/mol. The molecule has 0 saturated carbocycles. The summed E-state index contributed by atoms with van der Waals surface area (Å²) in [6.45, 7) is 0. The Hall–Kier alpha value is 1.40. The third kappa shape index (κ3) is 2.80. The third-order valence-corrected chi connectivity index (χ3v) is 5.62. The van der Waals surface area contributed by atoms with Crippen LogP contribution in [0.3, 0.4) is 0 Å². The number of thioether (sulfide) groups is 2. The Kier molecular flexibility index (Phi) is 4.86. The highest BCUT2D eigenvalue weighted by Gasteiger charge is 2.21. The van der Waals surface area contributed by atoms with Crippen LogP contribution in [0.25, 0.3) is 0 Å². The summed E-state index contributed by atoms with van der Waals surface area (Å²) in [6.07, 6.45) is 1.29. The van der Waals surface area contributed by atoms with Crippen molar-refractivity contribution in [3.05, 3.63) is 0 Å². The molecule has 0 aromatic heterocycles. The van der Waals surface area contributed by atoms with Crippen LogP contribution in [-0.2, 0) is 0 Å². The monoisotopic (exact) mass is 212 g/mol. The molecule has 0 aromatic rings. The lowest BCUT2D eigenvalue weighted by Crippen LogP contribution is -2.16. The van der Waals surface area contributed by atoms with Gasteiger partial charge >= 0.3 is 0 Å². The molecule has 60 valence electrons. The van der Waals surface area contributed by atoms with E-state index < -0.39 is 0 Å². The van der Waals surface area contributed by atoms with Gasteiger partial charge in [0.25, 0.3) is 0 Å². The Labute approximate surface area is 82.1 Å². The molecule has 4 heteroatoms. The van der Waals surface area contributed by atoms with E-state index in [0.29, 0.717) is 0 Å². The van der Waals surface area contributed by atoms with Crippen molar-refractivity contribution in [3.63, 3.8) is 0 Å². The van der Waals surface area contributed by atoms with Crippen molar-refractivity contribution in [2.45, 2.75) is 11.0 Å². The Balaban J connectivity index is 2.08.